The molecule has 0 radical (unpaired) electrons. The van der Waals surface area contributed by atoms with Crippen LogP contribution in [0.25, 0.3) is 0 Å². The lowest BCUT2D eigenvalue weighted by molar-refractivity contribution is -0.139. The molecule has 1 heterocycles. The molecule has 0 spiro atoms. The molecule has 0 aromatic carbocycles. The van der Waals surface area contributed by atoms with Crippen LogP contribution in [0.5, 0.6) is 0 Å². The molecule has 1 unspecified atom stereocenters. The number of Topliss-reactive ketones (excluding diaryl/α,β-unsaturated/α-hetero) is 1. The van der Waals surface area contributed by atoms with Gasteiger partial charge < -0.3 is 15.4 Å². The second-order valence-electron chi connectivity index (χ2n) is 8.14. The van der Waals surface area contributed by atoms with Gasteiger partial charge >= 0.3 is 0 Å². The second-order valence-corrected chi connectivity index (χ2v) is 8.91. The zero-order valence-corrected chi connectivity index (χ0v) is 20.7. The highest BCUT2D eigenvalue weighted by Gasteiger charge is 2.35. The first kappa shape index (κ1) is 27.5. The molecule has 0 aromatic rings. The number of rotatable bonds is 15. The average molecular weight is 551 g/mol. The predicted octanol–water partition coefficient (Wildman–Crippen LogP) is 1.22. The first-order valence-electron chi connectivity index (χ1n) is 10.7. The third-order valence-corrected chi connectivity index (χ3v) is 5.71. The third-order valence-electron chi connectivity index (χ3n) is 4.96. The molecule has 0 bridgehead atoms. The Morgan fingerprint density at radius 2 is 1.84 bits per heavy atom. The van der Waals surface area contributed by atoms with E-state index in [0.717, 1.165) is 11.3 Å². The van der Waals surface area contributed by atoms with Crippen LogP contribution in [0, 0.1) is 11.8 Å². The van der Waals surface area contributed by atoms with Crippen LogP contribution in [-0.2, 0) is 28.7 Å². The van der Waals surface area contributed by atoms with Crippen LogP contribution in [0.2, 0.25) is 0 Å². The molecule has 2 N–H and O–H groups in total. The summed E-state index contributed by atoms with van der Waals surface area (Å²) in [4.78, 5) is 60.5. The van der Waals surface area contributed by atoms with E-state index in [9.17, 15) is 24.0 Å². The van der Waals surface area contributed by atoms with Gasteiger partial charge in [-0.15, -0.1) is 0 Å². The van der Waals surface area contributed by atoms with Gasteiger partial charge in [0.15, 0.2) is 5.78 Å². The Morgan fingerprint density at radius 3 is 2.42 bits per heavy atom. The van der Waals surface area contributed by atoms with Gasteiger partial charge in [-0.05, 0) is 18.8 Å². The minimum atomic E-state index is -0.455. The minimum absolute atomic E-state index is 0.0185. The second kappa shape index (κ2) is 14.5. The molecule has 176 valence electrons. The number of alkyl halides is 1. The van der Waals surface area contributed by atoms with E-state index in [1.54, 1.807) is 6.92 Å². The quantitative estimate of drug-likeness (QED) is 0.137. The Kier molecular flexibility index (Phi) is 12.8. The van der Waals surface area contributed by atoms with Crippen LogP contribution in [0.15, 0.2) is 0 Å². The van der Waals surface area contributed by atoms with Crippen LogP contribution >= 0.6 is 22.6 Å². The molecule has 1 aliphatic heterocycles. The van der Waals surface area contributed by atoms with Crippen LogP contribution in [0.1, 0.15) is 52.9 Å². The van der Waals surface area contributed by atoms with Gasteiger partial charge in [0.1, 0.15) is 0 Å². The first-order valence-corrected chi connectivity index (χ1v) is 12.2. The summed E-state index contributed by atoms with van der Waals surface area (Å²) in [6.45, 7) is 6.63. The van der Waals surface area contributed by atoms with Gasteiger partial charge in [0.2, 0.25) is 23.6 Å². The van der Waals surface area contributed by atoms with Crippen molar-refractivity contribution in [3.63, 3.8) is 0 Å². The van der Waals surface area contributed by atoms with Crippen LogP contribution in [0.4, 0.5) is 0 Å². The van der Waals surface area contributed by atoms with Crippen molar-refractivity contribution in [2.75, 3.05) is 30.7 Å². The van der Waals surface area contributed by atoms with Crippen LogP contribution < -0.4 is 10.6 Å². The molecule has 0 saturated carbocycles. The minimum Gasteiger partial charge on any atom is -0.379 e. The van der Waals surface area contributed by atoms with Gasteiger partial charge in [-0.2, -0.15) is 0 Å². The summed E-state index contributed by atoms with van der Waals surface area (Å²) >= 11 is 2.01. The van der Waals surface area contributed by atoms with Crippen LogP contribution in [0.3, 0.4) is 0 Å². The number of nitrogens with one attached hydrogen (secondary N) is 2. The normalized spacial score (nSPS) is 17.2. The number of imide groups is 1. The molecule has 0 aromatic heterocycles. The van der Waals surface area contributed by atoms with Crippen molar-refractivity contribution in [2.45, 2.75) is 58.9 Å². The van der Waals surface area contributed by atoms with Crippen molar-refractivity contribution in [1.82, 2.24) is 15.5 Å². The first-order chi connectivity index (χ1) is 14.6. The summed E-state index contributed by atoms with van der Waals surface area (Å²) in [5.74, 6) is -0.808. The number of halogens is 1. The number of carbonyl (C=O) groups is 5. The fourth-order valence-electron chi connectivity index (χ4n) is 3.09. The SMILES string of the molecule is CC(C)CC[C@H](NC(=O)CCOCCNC(=O)CCN1C(=O)CC(C)C1=O)C(=O)CI. The molecule has 10 heteroatoms. The molecule has 1 rings (SSSR count). The van der Waals surface area contributed by atoms with Crippen molar-refractivity contribution in [3.8, 4) is 0 Å². The van der Waals surface area contributed by atoms with E-state index in [-0.39, 0.29) is 80.9 Å². The standard InChI is InChI=1S/C21H34IN3O6/c1-14(2)4-5-16(17(26)13-22)24-19(28)7-10-31-11-8-23-18(27)6-9-25-20(29)12-15(3)21(25)30/h14-16H,4-13H2,1-3H3,(H,23,27)(H,24,28)/t15?,16-/m0/s1. The van der Waals surface area contributed by atoms with E-state index in [2.05, 4.69) is 24.5 Å². The van der Waals surface area contributed by atoms with Crippen molar-refractivity contribution >= 4 is 52.0 Å². The van der Waals surface area contributed by atoms with E-state index < -0.39 is 6.04 Å². The highest BCUT2D eigenvalue weighted by Crippen LogP contribution is 2.18. The molecule has 2 atom stereocenters. The molecule has 4 amide bonds. The molecule has 1 fully saturated rings. The van der Waals surface area contributed by atoms with Crippen molar-refractivity contribution in [2.24, 2.45) is 11.8 Å². The van der Waals surface area contributed by atoms with Crippen molar-refractivity contribution < 1.29 is 28.7 Å². The van der Waals surface area contributed by atoms with E-state index in [1.807, 2.05) is 22.6 Å². The van der Waals surface area contributed by atoms with Gasteiger partial charge in [0.05, 0.1) is 23.7 Å². The van der Waals surface area contributed by atoms with Gasteiger partial charge in [-0.1, -0.05) is 43.4 Å². The monoisotopic (exact) mass is 551 g/mol. The maximum atomic E-state index is 12.1. The molecule has 1 saturated heterocycles. The average Bonchev–Trinajstić information content (AvgIpc) is 2.96. The van der Waals surface area contributed by atoms with E-state index >= 15 is 0 Å². The van der Waals surface area contributed by atoms with E-state index in [1.165, 1.54) is 0 Å². The number of hydrogen-bond acceptors (Lipinski definition) is 6. The maximum absolute atomic E-state index is 12.1. The Hall–Kier alpha value is -1.56. The van der Waals surface area contributed by atoms with Gasteiger partial charge in [-0.3, -0.25) is 28.9 Å². The summed E-state index contributed by atoms with van der Waals surface area (Å²) in [6.07, 6.45) is 1.88. The summed E-state index contributed by atoms with van der Waals surface area (Å²) in [5, 5.41) is 5.44. The molecule has 1 aliphatic rings. The Bertz CT molecular complexity index is 655. The van der Waals surface area contributed by atoms with Gasteiger partial charge in [0.25, 0.3) is 0 Å². The van der Waals surface area contributed by atoms with Crippen LogP contribution in [-0.4, -0.2) is 71.1 Å². The Labute approximate surface area is 197 Å². The van der Waals surface area contributed by atoms with Crippen molar-refractivity contribution in [1.29, 1.82) is 0 Å². The smallest absolute Gasteiger partial charge is 0.232 e. The number of amides is 4. The number of ketones is 1. The fourth-order valence-corrected chi connectivity index (χ4v) is 3.62. The van der Waals surface area contributed by atoms with Gasteiger partial charge in [-0.25, -0.2) is 0 Å². The highest BCUT2D eigenvalue weighted by molar-refractivity contribution is 14.1. The zero-order valence-electron chi connectivity index (χ0n) is 18.6. The van der Waals surface area contributed by atoms with Crippen molar-refractivity contribution in [3.05, 3.63) is 0 Å². The predicted molar refractivity (Wildman–Crippen MR) is 123 cm³/mol. The lowest BCUT2D eigenvalue weighted by Gasteiger charge is -2.18. The topological polar surface area (TPSA) is 122 Å². The maximum Gasteiger partial charge on any atom is 0.232 e. The largest absolute Gasteiger partial charge is 0.379 e. The molecule has 31 heavy (non-hydrogen) atoms. The zero-order chi connectivity index (χ0) is 23.4. The van der Waals surface area contributed by atoms with E-state index in [0.29, 0.717) is 16.8 Å². The summed E-state index contributed by atoms with van der Waals surface area (Å²) in [7, 11) is 0. The van der Waals surface area contributed by atoms with E-state index in [4.69, 9.17) is 4.74 Å². The lowest BCUT2D eigenvalue weighted by Crippen LogP contribution is -2.42. The number of hydrogen-bond donors (Lipinski definition) is 2. The number of likely N-dealkylation sites (tertiary alicyclic amines) is 1. The molecular formula is C21H34IN3O6. The number of nitrogens with zero attached hydrogens (tertiary/aromatic N) is 1. The molecular weight excluding hydrogens is 517 g/mol. The Balaban J connectivity index is 2.15. The summed E-state index contributed by atoms with van der Waals surface area (Å²) < 4.78 is 5.72. The summed E-state index contributed by atoms with van der Waals surface area (Å²) in [5.41, 5.74) is 0. The number of ether oxygens (including phenoxy) is 1. The fraction of sp³-hybridized carbons (Fsp3) is 0.762. The summed E-state index contributed by atoms with van der Waals surface area (Å²) in [6, 6.07) is -0.455. The molecule has 9 nitrogen and oxygen atoms in total. The highest BCUT2D eigenvalue weighted by atomic mass is 127. The number of carbonyl (C=O) groups excluding carboxylic acids is 5. The Morgan fingerprint density at radius 1 is 1.13 bits per heavy atom. The van der Waals surface area contributed by atoms with Gasteiger partial charge in [0, 0.05) is 38.3 Å². The lowest BCUT2D eigenvalue weighted by atomic mass is 10.0. The third kappa shape index (κ3) is 10.5. The molecule has 0 aliphatic carbocycles.